The van der Waals surface area contributed by atoms with Crippen LogP contribution in [0.4, 0.5) is 17.8 Å². The third kappa shape index (κ3) is 3.70. The first-order valence-corrected chi connectivity index (χ1v) is 5.39. The molecule has 0 bridgehead atoms. The van der Waals surface area contributed by atoms with Crippen molar-refractivity contribution in [3.05, 3.63) is 0 Å². The minimum absolute atomic E-state index is 0.558. The Morgan fingerprint density at radius 3 is 2.29 bits per heavy atom. The predicted octanol–water partition coefficient (Wildman–Crippen LogP) is 0.0619. The maximum absolute atomic E-state index is 5.03. The SMILES string of the molecule is CNc1nc(N(C)C)nc(N(C)CCOC)n1. The quantitative estimate of drug-likeness (QED) is 0.754. The van der Waals surface area contributed by atoms with Gasteiger partial charge in [-0.05, 0) is 0 Å². The zero-order valence-corrected chi connectivity index (χ0v) is 11.1. The Hall–Kier alpha value is -1.63. The van der Waals surface area contributed by atoms with Crippen molar-refractivity contribution >= 4 is 17.8 Å². The molecule has 1 rings (SSSR count). The molecule has 0 unspecified atom stereocenters. The standard InChI is InChI=1S/C10H20N6O/c1-11-8-12-9(15(2)3)14-10(13-8)16(4)6-7-17-5/h6-7H2,1-5H3,(H,11,12,13,14). The van der Waals surface area contributed by atoms with Gasteiger partial charge in [-0.3, -0.25) is 0 Å². The number of nitrogens with one attached hydrogen (secondary N) is 1. The van der Waals surface area contributed by atoms with Crippen LogP contribution in [-0.2, 0) is 4.74 Å². The van der Waals surface area contributed by atoms with E-state index in [-0.39, 0.29) is 0 Å². The Kier molecular flexibility index (Phi) is 4.89. The van der Waals surface area contributed by atoms with Gasteiger partial charge in [0.1, 0.15) is 0 Å². The molecule has 0 amide bonds. The molecule has 0 spiro atoms. The third-order valence-electron chi connectivity index (χ3n) is 2.21. The Labute approximate surface area is 102 Å². The molecular weight excluding hydrogens is 220 g/mol. The normalized spacial score (nSPS) is 10.2. The van der Waals surface area contributed by atoms with Gasteiger partial charge in [0.25, 0.3) is 0 Å². The lowest BCUT2D eigenvalue weighted by Crippen LogP contribution is -2.26. The average molecular weight is 240 g/mol. The zero-order valence-electron chi connectivity index (χ0n) is 11.1. The Bertz CT molecular complexity index is 357. The van der Waals surface area contributed by atoms with Crippen molar-refractivity contribution in [3.63, 3.8) is 0 Å². The second-order valence-corrected chi connectivity index (χ2v) is 3.82. The van der Waals surface area contributed by atoms with Crippen molar-refractivity contribution in [2.75, 3.05) is 63.6 Å². The summed E-state index contributed by atoms with van der Waals surface area (Å²) < 4.78 is 5.03. The monoisotopic (exact) mass is 240 g/mol. The summed E-state index contributed by atoms with van der Waals surface area (Å²) in [6.45, 7) is 1.37. The van der Waals surface area contributed by atoms with E-state index in [2.05, 4.69) is 20.3 Å². The van der Waals surface area contributed by atoms with Crippen LogP contribution in [0.25, 0.3) is 0 Å². The maximum atomic E-state index is 5.03. The molecule has 0 aromatic carbocycles. The topological polar surface area (TPSA) is 66.4 Å². The van der Waals surface area contributed by atoms with Crippen LogP contribution >= 0.6 is 0 Å². The first-order chi connectivity index (χ1) is 8.08. The van der Waals surface area contributed by atoms with Crippen LogP contribution in [0.1, 0.15) is 0 Å². The number of nitrogens with zero attached hydrogens (tertiary/aromatic N) is 5. The smallest absolute Gasteiger partial charge is 0.231 e. The molecule has 0 saturated heterocycles. The summed E-state index contributed by atoms with van der Waals surface area (Å²) in [7, 11) is 9.17. The van der Waals surface area contributed by atoms with Crippen molar-refractivity contribution in [1.82, 2.24) is 15.0 Å². The lowest BCUT2D eigenvalue weighted by atomic mass is 10.6. The number of methoxy groups -OCH3 is 1. The van der Waals surface area contributed by atoms with Gasteiger partial charge in [-0.2, -0.15) is 15.0 Å². The van der Waals surface area contributed by atoms with Crippen LogP contribution in [0.3, 0.4) is 0 Å². The van der Waals surface area contributed by atoms with E-state index in [0.717, 1.165) is 6.54 Å². The van der Waals surface area contributed by atoms with Crippen LogP contribution in [0.5, 0.6) is 0 Å². The van der Waals surface area contributed by atoms with Gasteiger partial charge < -0.3 is 19.9 Å². The number of hydrogen-bond acceptors (Lipinski definition) is 7. The van der Waals surface area contributed by atoms with Crippen molar-refractivity contribution in [2.45, 2.75) is 0 Å². The van der Waals surface area contributed by atoms with E-state index in [1.54, 1.807) is 14.2 Å². The number of ether oxygens (including phenoxy) is 1. The highest BCUT2D eigenvalue weighted by Crippen LogP contribution is 2.13. The first-order valence-electron chi connectivity index (χ1n) is 5.39. The molecule has 1 N–H and O–H groups in total. The predicted molar refractivity (Wildman–Crippen MR) is 68.8 cm³/mol. The van der Waals surface area contributed by atoms with Crippen molar-refractivity contribution in [1.29, 1.82) is 0 Å². The molecule has 17 heavy (non-hydrogen) atoms. The number of hydrogen-bond donors (Lipinski definition) is 1. The summed E-state index contributed by atoms with van der Waals surface area (Å²) in [5.74, 6) is 1.82. The van der Waals surface area contributed by atoms with E-state index < -0.39 is 0 Å². The van der Waals surface area contributed by atoms with Crippen molar-refractivity contribution in [3.8, 4) is 0 Å². The third-order valence-corrected chi connectivity index (χ3v) is 2.21. The fraction of sp³-hybridized carbons (Fsp3) is 0.700. The van der Waals surface area contributed by atoms with Crippen LogP contribution in [-0.4, -0.2) is 63.4 Å². The second kappa shape index (κ2) is 6.19. The van der Waals surface area contributed by atoms with Gasteiger partial charge in [0.05, 0.1) is 6.61 Å². The number of rotatable bonds is 6. The summed E-state index contributed by atoms with van der Waals surface area (Å²) in [5.41, 5.74) is 0. The minimum Gasteiger partial charge on any atom is -0.383 e. The van der Waals surface area contributed by atoms with Gasteiger partial charge in [0.15, 0.2) is 0 Å². The minimum atomic E-state index is 0.558. The van der Waals surface area contributed by atoms with E-state index in [0.29, 0.717) is 24.5 Å². The molecule has 0 aliphatic carbocycles. The molecule has 1 aromatic rings. The Balaban J connectivity index is 2.93. The van der Waals surface area contributed by atoms with Gasteiger partial charge in [0, 0.05) is 41.8 Å². The van der Waals surface area contributed by atoms with Crippen LogP contribution in [0.15, 0.2) is 0 Å². The van der Waals surface area contributed by atoms with E-state index in [1.807, 2.05) is 30.9 Å². The van der Waals surface area contributed by atoms with E-state index in [9.17, 15) is 0 Å². The molecule has 0 aliphatic rings. The molecular formula is C10H20N6O. The van der Waals surface area contributed by atoms with Gasteiger partial charge in [-0.25, -0.2) is 0 Å². The molecule has 1 aromatic heterocycles. The lowest BCUT2D eigenvalue weighted by Gasteiger charge is -2.19. The largest absolute Gasteiger partial charge is 0.383 e. The molecule has 0 atom stereocenters. The van der Waals surface area contributed by atoms with Crippen LogP contribution in [0.2, 0.25) is 0 Å². The number of aromatic nitrogens is 3. The summed E-state index contributed by atoms with van der Waals surface area (Å²) in [4.78, 5) is 16.7. The number of anilines is 3. The summed E-state index contributed by atoms with van der Waals surface area (Å²) >= 11 is 0. The Morgan fingerprint density at radius 2 is 1.76 bits per heavy atom. The van der Waals surface area contributed by atoms with E-state index in [4.69, 9.17) is 4.74 Å². The first kappa shape index (κ1) is 13.4. The molecule has 0 saturated carbocycles. The van der Waals surface area contributed by atoms with E-state index >= 15 is 0 Å². The molecule has 7 nitrogen and oxygen atoms in total. The highest BCUT2D eigenvalue weighted by molar-refractivity contribution is 5.43. The van der Waals surface area contributed by atoms with Gasteiger partial charge in [-0.15, -0.1) is 0 Å². The summed E-state index contributed by atoms with van der Waals surface area (Å²) in [6.07, 6.45) is 0. The molecule has 0 aliphatic heterocycles. The highest BCUT2D eigenvalue weighted by Gasteiger charge is 2.10. The second-order valence-electron chi connectivity index (χ2n) is 3.82. The van der Waals surface area contributed by atoms with Crippen molar-refractivity contribution in [2.24, 2.45) is 0 Å². The molecule has 7 heteroatoms. The number of likely N-dealkylation sites (N-methyl/N-ethyl adjacent to an activating group) is 1. The van der Waals surface area contributed by atoms with Crippen LogP contribution in [0, 0.1) is 0 Å². The van der Waals surface area contributed by atoms with E-state index in [1.165, 1.54) is 0 Å². The Morgan fingerprint density at radius 1 is 1.12 bits per heavy atom. The fourth-order valence-electron chi connectivity index (χ4n) is 1.16. The lowest BCUT2D eigenvalue weighted by molar-refractivity contribution is 0.206. The molecule has 96 valence electrons. The molecule has 0 fully saturated rings. The summed E-state index contributed by atoms with van der Waals surface area (Å²) in [6, 6.07) is 0. The fourth-order valence-corrected chi connectivity index (χ4v) is 1.16. The maximum Gasteiger partial charge on any atom is 0.231 e. The molecule has 1 heterocycles. The van der Waals surface area contributed by atoms with Gasteiger partial charge in [-0.1, -0.05) is 0 Å². The van der Waals surface area contributed by atoms with Crippen LogP contribution < -0.4 is 15.1 Å². The van der Waals surface area contributed by atoms with Gasteiger partial charge >= 0.3 is 0 Å². The summed E-state index contributed by atoms with van der Waals surface area (Å²) in [5, 5.41) is 2.93. The van der Waals surface area contributed by atoms with Crippen molar-refractivity contribution < 1.29 is 4.74 Å². The zero-order chi connectivity index (χ0) is 12.8. The van der Waals surface area contributed by atoms with Gasteiger partial charge in [0.2, 0.25) is 17.8 Å². The molecule has 0 radical (unpaired) electrons. The average Bonchev–Trinajstić information content (AvgIpc) is 2.35. The highest BCUT2D eigenvalue weighted by atomic mass is 16.5.